The van der Waals surface area contributed by atoms with Gasteiger partial charge in [0.05, 0.1) is 0 Å². The van der Waals surface area contributed by atoms with Crippen LogP contribution in [-0.2, 0) is 0 Å². The minimum absolute atomic E-state index is 0.473. The van der Waals surface area contributed by atoms with Crippen molar-refractivity contribution >= 4 is 42.8 Å². The number of para-hydroxylation sites is 2. The summed E-state index contributed by atoms with van der Waals surface area (Å²) in [5, 5.41) is 2.27. The van der Waals surface area contributed by atoms with E-state index in [0.717, 1.165) is 5.02 Å². The minimum Gasteiger partial charge on any atom is -0.246 e. The van der Waals surface area contributed by atoms with E-state index in [2.05, 4.69) is 39.9 Å². The Morgan fingerprint density at radius 3 is 2.88 bits per heavy atom. The molecule has 82 valence electrons. The number of H-pyrrole nitrogens is 1. The van der Waals surface area contributed by atoms with Crippen molar-refractivity contribution in [3.8, 4) is 5.69 Å². The summed E-state index contributed by atoms with van der Waals surface area (Å²) in [4.78, 5) is 3.52. The number of hydrogen-bond acceptors (Lipinski definition) is 0. The molecule has 0 bridgehead atoms. The molecule has 17 heavy (non-hydrogen) atoms. The van der Waals surface area contributed by atoms with Crippen molar-refractivity contribution in [1.29, 1.82) is 0 Å². The fourth-order valence-corrected chi connectivity index (χ4v) is 4.86. The molecule has 2 heterocycles. The lowest BCUT2D eigenvalue weighted by molar-refractivity contribution is -0.543. The zero-order chi connectivity index (χ0) is 11.4. The minimum atomic E-state index is -0.473. The Kier molecular flexibility index (Phi) is 1.79. The van der Waals surface area contributed by atoms with Crippen LogP contribution in [0.15, 0.2) is 42.5 Å². The Morgan fingerprint density at radius 1 is 1.06 bits per heavy atom. The molecule has 1 aromatic heterocycles. The van der Waals surface area contributed by atoms with Crippen LogP contribution in [0.25, 0.3) is 16.7 Å². The Morgan fingerprint density at radius 2 is 1.94 bits per heavy atom. The van der Waals surface area contributed by atoms with Crippen molar-refractivity contribution in [2.75, 3.05) is 0 Å². The highest BCUT2D eigenvalue weighted by Crippen LogP contribution is 2.14. The number of aromatic amines is 1. The predicted octanol–water partition coefficient (Wildman–Crippen LogP) is 0.531. The van der Waals surface area contributed by atoms with E-state index >= 15 is 0 Å². The van der Waals surface area contributed by atoms with Gasteiger partial charge in [-0.25, -0.2) is 4.98 Å². The molecule has 0 fully saturated rings. The van der Waals surface area contributed by atoms with E-state index < -0.39 is 9.52 Å². The summed E-state index contributed by atoms with van der Waals surface area (Å²) in [7, 11) is -0.473. The van der Waals surface area contributed by atoms with Crippen molar-refractivity contribution in [3.63, 3.8) is 0 Å². The van der Waals surface area contributed by atoms with Crippen molar-refractivity contribution < 1.29 is 4.57 Å². The fraction of sp³-hybridized carbons (Fsp3) is 0. The van der Waals surface area contributed by atoms with E-state index in [1.165, 1.54) is 27.4 Å². The largest absolute Gasteiger partial charge is 0.246 e. The number of nitrogens with zero attached hydrogens (tertiary/aromatic N) is 1. The molecule has 3 aromatic rings. The van der Waals surface area contributed by atoms with Crippen LogP contribution in [0.1, 0.15) is 0 Å². The van der Waals surface area contributed by atoms with Gasteiger partial charge in [-0.15, -0.1) is 0 Å². The Hall–Kier alpha value is -1.58. The zero-order valence-electron chi connectivity index (χ0n) is 9.07. The van der Waals surface area contributed by atoms with Crippen LogP contribution in [0.3, 0.4) is 0 Å². The van der Waals surface area contributed by atoms with Gasteiger partial charge in [-0.3, -0.25) is 0 Å². The van der Waals surface area contributed by atoms with E-state index in [1.54, 1.807) is 0 Å². The molecule has 4 heteroatoms. The average molecular weight is 258 g/mol. The van der Waals surface area contributed by atoms with Gasteiger partial charge < -0.3 is 0 Å². The highest BCUT2D eigenvalue weighted by atomic mass is 35.5. The van der Waals surface area contributed by atoms with Crippen LogP contribution in [0, 0.1) is 0 Å². The lowest BCUT2D eigenvalue weighted by Gasteiger charge is -1.99. The topological polar surface area (TPSA) is 19.7 Å². The first kappa shape index (κ1) is 9.45. The molecule has 1 N–H and O–H groups in total. The summed E-state index contributed by atoms with van der Waals surface area (Å²) in [5.74, 6) is 0. The Labute approximate surface area is 106 Å². The third kappa shape index (κ3) is 1.18. The zero-order valence-corrected chi connectivity index (χ0v) is 11.2. The number of imidazole rings is 1. The molecule has 2 nitrogen and oxygen atoms in total. The third-order valence-corrected chi connectivity index (χ3v) is 5.88. The van der Waals surface area contributed by atoms with E-state index in [1.807, 2.05) is 12.1 Å². The Bertz CT molecular complexity index is 748. The van der Waals surface area contributed by atoms with E-state index in [-0.39, 0.29) is 0 Å². The highest BCUT2D eigenvalue weighted by molar-refractivity contribution is 6.70. The number of fused-ring (bicyclic) bond motifs is 5. The molecule has 1 aliphatic heterocycles. The second-order valence-electron chi connectivity index (χ2n) is 4.34. The lowest BCUT2D eigenvalue weighted by Crippen LogP contribution is -2.43. The standard InChI is InChI=1S/C13H9ClN2Si/c14-8-4-3-7-11-12(8)17-13-15-9-5-1-2-6-10(9)16(11)13/h1-7H,17H2/p+1. The van der Waals surface area contributed by atoms with Crippen LogP contribution in [0.5, 0.6) is 0 Å². The van der Waals surface area contributed by atoms with E-state index in [9.17, 15) is 0 Å². The number of halogens is 1. The highest BCUT2D eigenvalue weighted by Gasteiger charge is 2.31. The maximum absolute atomic E-state index is 6.28. The van der Waals surface area contributed by atoms with Gasteiger partial charge >= 0.3 is 0 Å². The SMILES string of the molecule is Clc1cccc2c1[SiH2]c1[nH]c3ccccc3[n+]1-2. The van der Waals surface area contributed by atoms with Crippen molar-refractivity contribution in [1.82, 2.24) is 4.98 Å². The van der Waals surface area contributed by atoms with Crippen molar-refractivity contribution in [2.24, 2.45) is 0 Å². The fourth-order valence-electron chi connectivity index (χ4n) is 2.63. The first-order valence-electron chi connectivity index (χ1n) is 5.64. The molecule has 1 aliphatic rings. The third-order valence-electron chi connectivity index (χ3n) is 3.37. The predicted molar refractivity (Wildman–Crippen MR) is 72.7 cm³/mol. The first-order chi connectivity index (χ1) is 8.34. The number of hydrogen-bond donors (Lipinski definition) is 1. The molecule has 0 radical (unpaired) electrons. The summed E-state index contributed by atoms with van der Waals surface area (Å²) in [6.07, 6.45) is 0. The molecule has 0 atom stereocenters. The lowest BCUT2D eigenvalue weighted by atomic mass is 10.3. The molecule has 0 unspecified atom stereocenters. The van der Waals surface area contributed by atoms with Gasteiger partial charge in [0, 0.05) is 10.2 Å². The van der Waals surface area contributed by atoms with Gasteiger partial charge in [0.25, 0.3) is 0 Å². The van der Waals surface area contributed by atoms with Crippen LogP contribution >= 0.6 is 11.6 Å². The van der Waals surface area contributed by atoms with Crippen molar-refractivity contribution in [2.45, 2.75) is 0 Å². The number of nitrogens with one attached hydrogen (secondary N) is 1. The van der Waals surface area contributed by atoms with Gasteiger partial charge in [0.15, 0.2) is 20.6 Å². The summed E-state index contributed by atoms with van der Waals surface area (Å²) in [5.41, 5.74) is 5.06. The quantitative estimate of drug-likeness (QED) is 0.350. The summed E-state index contributed by atoms with van der Waals surface area (Å²) in [6.45, 7) is 0. The second-order valence-corrected chi connectivity index (χ2v) is 6.48. The molecular weight excluding hydrogens is 248 g/mol. The second kappa shape index (κ2) is 3.21. The molecule has 0 spiro atoms. The molecule has 0 aliphatic carbocycles. The van der Waals surface area contributed by atoms with Gasteiger partial charge in [-0.1, -0.05) is 29.8 Å². The van der Waals surface area contributed by atoms with Crippen LogP contribution in [-0.4, -0.2) is 14.5 Å². The molecule has 0 saturated carbocycles. The van der Waals surface area contributed by atoms with E-state index in [0.29, 0.717) is 0 Å². The Balaban J connectivity index is 2.14. The van der Waals surface area contributed by atoms with Gasteiger partial charge in [0.1, 0.15) is 5.69 Å². The molecular formula is C13H10ClN2Si+. The number of benzene rings is 2. The maximum Gasteiger partial charge on any atom is 0.223 e. The van der Waals surface area contributed by atoms with Crippen LogP contribution in [0.2, 0.25) is 5.02 Å². The monoisotopic (exact) mass is 257 g/mol. The van der Waals surface area contributed by atoms with Gasteiger partial charge in [0.2, 0.25) is 5.45 Å². The maximum atomic E-state index is 6.28. The molecule has 0 saturated heterocycles. The van der Waals surface area contributed by atoms with E-state index in [4.69, 9.17) is 11.6 Å². The van der Waals surface area contributed by atoms with Gasteiger partial charge in [-0.2, -0.15) is 4.57 Å². The van der Waals surface area contributed by atoms with Gasteiger partial charge in [-0.05, 0) is 24.3 Å². The summed E-state index contributed by atoms with van der Waals surface area (Å²) >= 11 is 6.28. The number of rotatable bonds is 0. The first-order valence-corrected chi connectivity index (χ1v) is 7.43. The van der Waals surface area contributed by atoms with Crippen LogP contribution in [0.4, 0.5) is 0 Å². The number of aromatic nitrogens is 2. The average Bonchev–Trinajstić information content (AvgIpc) is 2.85. The summed E-state index contributed by atoms with van der Waals surface area (Å²) in [6, 6.07) is 14.6. The summed E-state index contributed by atoms with van der Waals surface area (Å²) < 4.78 is 2.32. The smallest absolute Gasteiger partial charge is 0.223 e. The molecule has 2 aromatic carbocycles. The van der Waals surface area contributed by atoms with Crippen molar-refractivity contribution in [3.05, 3.63) is 47.5 Å². The molecule has 4 rings (SSSR count). The van der Waals surface area contributed by atoms with Crippen LogP contribution < -0.4 is 15.2 Å². The normalized spacial score (nSPS) is 14.2. The molecule has 0 amide bonds.